The molecule has 4 nitrogen and oxygen atoms in total. The van der Waals surface area contributed by atoms with Gasteiger partial charge in [-0.1, -0.05) is 90.9 Å². The van der Waals surface area contributed by atoms with Crippen LogP contribution < -0.4 is 9.13 Å². The molecule has 0 radical (unpaired) electrons. The Hall–Kier alpha value is -1.78. The van der Waals surface area contributed by atoms with E-state index in [1.165, 1.54) is 114 Å². The first-order valence-corrected chi connectivity index (χ1v) is 16.9. The fourth-order valence-electron chi connectivity index (χ4n) is 5.25. The molecule has 0 aliphatic heterocycles. The summed E-state index contributed by atoms with van der Waals surface area (Å²) < 4.78 is 16.6. The summed E-state index contributed by atoms with van der Waals surface area (Å²) in [5.41, 5.74) is 2.53. The van der Waals surface area contributed by atoms with Gasteiger partial charge in [-0.05, 0) is 37.8 Å². The monoisotopic (exact) mass is 554 g/mol. The van der Waals surface area contributed by atoms with E-state index in [9.17, 15) is 0 Å². The molecule has 0 N–H and O–H groups in total. The van der Waals surface area contributed by atoms with Crippen molar-refractivity contribution < 1.29 is 18.6 Å². The molecule has 2 aromatic rings. The highest BCUT2D eigenvalue weighted by molar-refractivity contribution is 5.04. The van der Waals surface area contributed by atoms with Crippen LogP contribution in [-0.2, 0) is 35.8 Å². The smallest absolute Gasteiger partial charge is 0.174 e. The van der Waals surface area contributed by atoms with Gasteiger partial charge in [0.15, 0.2) is 24.8 Å². The molecule has 0 aliphatic rings. The van der Waals surface area contributed by atoms with Crippen LogP contribution in [0.3, 0.4) is 0 Å². The number of pyridine rings is 2. The van der Waals surface area contributed by atoms with Gasteiger partial charge in [0.1, 0.15) is 13.1 Å². The molecule has 0 atom stereocenters. The third kappa shape index (κ3) is 18.5. The highest BCUT2D eigenvalue weighted by Crippen LogP contribution is 2.10. The van der Waals surface area contributed by atoms with Crippen molar-refractivity contribution in [3.63, 3.8) is 0 Å². The summed E-state index contributed by atoms with van der Waals surface area (Å²) in [6, 6.07) is 8.66. The number of hydrogen-bond acceptors (Lipinski definition) is 2. The number of ether oxygens (including phenoxy) is 2. The molecule has 0 fully saturated rings. The van der Waals surface area contributed by atoms with Gasteiger partial charge in [-0.15, -0.1) is 0 Å². The topological polar surface area (TPSA) is 26.2 Å². The Kier molecular flexibility index (Phi) is 21.5. The first-order chi connectivity index (χ1) is 19.8. The van der Waals surface area contributed by atoms with Gasteiger partial charge in [-0.25, -0.2) is 9.13 Å². The van der Waals surface area contributed by atoms with Crippen molar-refractivity contribution >= 4 is 0 Å². The van der Waals surface area contributed by atoms with Gasteiger partial charge in [0.2, 0.25) is 0 Å². The Morgan fingerprint density at radius 2 is 0.850 bits per heavy atom. The van der Waals surface area contributed by atoms with E-state index < -0.39 is 0 Å². The molecule has 0 saturated carbocycles. The van der Waals surface area contributed by atoms with Crippen LogP contribution >= 0.6 is 0 Å². The largest absolute Gasteiger partial charge is 0.377 e. The number of unbranched alkanes of at least 4 members (excludes halogenated alkanes) is 15. The van der Waals surface area contributed by atoms with Crippen LogP contribution in [0.5, 0.6) is 0 Å². The minimum atomic E-state index is 0.696. The second-order valence-electron chi connectivity index (χ2n) is 11.7. The molecule has 2 heterocycles. The highest BCUT2D eigenvalue weighted by Gasteiger charge is 2.05. The maximum Gasteiger partial charge on any atom is 0.174 e. The summed E-state index contributed by atoms with van der Waals surface area (Å²) >= 11 is 0. The van der Waals surface area contributed by atoms with E-state index in [1.807, 2.05) is 0 Å². The van der Waals surface area contributed by atoms with Gasteiger partial charge in [-0.2, -0.15) is 0 Å². The molecular weight excluding hydrogens is 492 g/mol. The van der Waals surface area contributed by atoms with Crippen molar-refractivity contribution in [2.75, 3.05) is 13.2 Å². The van der Waals surface area contributed by atoms with Crippen molar-refractivity contribution in [1.82, 2.24) is 0 Å². The van der Waals surface area contributed by atoms with Gasteiger partial charge in [0.25, 0.3) is 0 Å². The van der Waals surface area contributed by atoms with Crippen LogP contribution in [0.2, 0.25) is 0 Å². The molecule has 0 amide bonds. The number of nitrogens with zero attached hydrogens (tertiary/aromatic N) is 2. The molecule has 0 saturated heterocycles. The van der Waals surface area contributed by atoms with E-state index in [0.29, 0.717) is 13.2 Å². The summed E-state index contributed by atoms with van der Waals surface area (Å²) in [6.45, 7) is 9.77. The van der Waals surface area contributed by atoms with Crippen molar-refractivity contribution in [1.29, 1.82) is 0 Å². The first kappa shape index (κ1) is 34.4. The minimum Gasteiger partial charge on any atom is -0.377 e. The molecule has 0 unspecified atom stereocenters. The van der Waals surface area contributed by atoms with Crippen molar-refractivity contribution in [2.45, 2.75) is 156 Å². The maximum absolute atomic E-state index is 5.95. The lowest BCUT2D eigenvalue weighted by Crippen LogP contribution is -2.33. The Labute approximate surface area is 247 Å². The minimum absolute atomic E-state index is 0.696. The molecule has 0 aliphatic carbocycles. The van der Waals surface area contributed by atoms with Gasteiger partial charge in [-0.3, -0.25) is 0 Å². The SMILES string of the molecule is CCCCCCCCCC[n+]1cccc(COCCCCOCc2ccc[n+](CCCCCCCCCC)c2)c1. The molecule has 40 heavy (non-hydrogen) atoms. The Morgan fingerprint density at radius 3 is 1.25 bits per heavy atom. The molecule has 0 aromatic carbocycles. The summed E-state index contributed by atoms with van der Waals surface area (Å²) in [4.78, 5) is 0. The van der Waals surface area contributed by atoms with Gasteiger partial charge in [0.05, 0.1) is 13.2 Å². The van der Waals surface area contributed by atoms with Gasteiger partial charge < -0.3 is 9.47 Å². The van der Waals surface area contributed by atoms with Crippen LogP contribution in [0.4, 0.5) is 0 Å². The van der Waals surface area contributed by atoms with E-state index >= 15 is 0 Å². The Morgan fingerprint density at radius 1 is 0.475 bits per heavy atom. The van der Waals surface area contributed by atoms with Crippen LogP contribution in [0.1, 0.15) is 141 Å². The second-order valence-corrected chi connectivity index (χ2v) is 11.7. The highest BCUT2D eigenvalue weighted by atomic mass is 16.5. The van der Waals surface area contributed by atoms with E-state index in [0.717, 1.165) is 39.1 Å². The zero-order valence-electron chi connectivity index (χ0n) is 26.3. The molecule has 226 valence electrons. The molecule has 0 spiro atoms. The zero-order valence-corrected chi connectivity index (χ0v) is 26.3. The normalized spacial score (nSPS) is 11.3. The predicted octanol–water partition coefficient (Wildman–Crippen LogP) is 9.06. The van der Waals surface area contributed by atoms with Crippen LogP contribution in [0, 0.1) is 0 Å². The molecule has 2 rings (SSSR count). The van der Waals surface area contributed by atoms with Crippen molar-refractivity contribution in [3.8, 4) is 0 Å². The second kappa shape index (κ2) is 25.0. The van der Waals surface area contributed by atoms with Gasteiger partial charge in [0, 0.05) is 49.3 Å². The average Bonchev–Trinajstić information content (AvgIpc) is 2.98. The summed E-state index contributed by atoms with van der Waals surface area (Å²) in [5, 5.41) is 0. The molecule has 4 heteroatoms. The zero-order chi connectivity index (χ0) is 28.4. The van der Waals surface area contributed by atoms with Crippen LogP contribution in [0.25, 0.3) is 0 Å². The van der Waals surface area contributed by atoms with E-state index in [4.69, 9.17) is 9.47 Å². The van der Waals surface area contributed by atoms with Gasteiger partial charge >= 0.3 is 0 Å². The number of hydrogen-bond donors (Lipinski definition) is 0. The lowest BCUT2D eigenvalue weighted by atomic mass is 10.1. The van der Waals surface area contributed by atoms with Crippen LogP contribution in [-0.4, -0.2) is 13.2 Å². The lowest BCUT2D eigenvalue weighted by Gasteiger charge is -2.06. The van der Waals surface area contributed by atoms with E-state index in [-0.39, 0.29) is 0 Å². The Balaban J connectivity index is 1.45. The lowest BCUT2D eigenvalue weighted by molar-refractivity contribution is -0.698. The molecule has 2 aromatic heterocycles. The Bertz CT molecular complexity index is 772. The van der Waals surface area contributed by atoms with E-state index in [1.54, 1.807) is 0 Å². The fraction of sp³-hybridized carbons (Fsp3) is 0.722. The summed E-state index contributed by atoms with van der Waals surface area (Å²) in [5.74, 6) is 0. The summed E-state index contributed by atoms with van der Waals surface area (Å²) in [7, 11) is 0. The third-order valence-electron chi connectivity index (χ3n) is 7.74. The fourth-order valence-corrected chi connectivity index (χ4v) is 5.25. The number of aryl methyl sites for hydroxylation is 2. The molecular formula is C36H62N2O2+2. The number of rotatable bonds is 27. The third-order valence-corrected chi connectivity index (χ3v) is 7.74. The van der Waals surface area contributed by atoms with Crippen LogP contribution in [0.15, 0.2) is 49.1 Å². The predicted molar refractivity (Wildman–Crippen MR) is 167 cm³/mol. The molecule has 0 bridgehead atoms. The van der Waals surface area contributed by atoms with Crippen molar-refractivity contribution in [3.05, 3.63) is 60.2 Å². The first-order valence-electron chi connectivity index (χ1n) is 16.9. The average molecular weight is 555 g/mol. The summed E-state index contributed by atoms with van der Waals surface area (Å²) in [6.07, 6.45) is 32.8. The number of aromatic nitrogens is 2. The quantitative estimate of drug-likeness (QED) is 0.0813. The van der Waals surface area contributed by atoms with E-state index in [2.05, 4.69) is 72.0 Å². The standard InChI is InChI=1S/C36H62N2O2/c1-3-5-7-9-11-13-15-17-25-37-27-21-23-35(31-37)33-39-29-19-20-30-40-34-36-24-22-28-38(32-36)26-18-16-14-12-10-8-6-4-2/h21-24,27-28,31-32H,3-20,25-26,29-30,33-34H2,1-2H3/q+2. The maximum atomic E-state index is 5.95. The van der Waals surface area contributed by atoms with Crippen molar-refractivity contribution in [2.24, 2.45) is 0 Å².